The quantitative estimate of drug-likeness (QED) is 0.382. The largest absolute Gasteiger partial charge is 0.366 e. The molecule has 2 N–H and O–H groups in total. The minimum atomic E-state index is -0.506. The van der Waals surface area contributed by atoms with Crippen LogP contribution in [0.4, 0.5) is 0 Å². The second-order valence-electron chi connectivity index (χ2n) is 3.04. The molecule has 0 aliphatic heterocycles. The van der Waals surface area contributed by atoms with Crippen LogP contribution in [-0.2, 0) is 9.59 Å². The highest BCUT2D eigenvalue weighted by Crippen LogP contribution is 2.00. The number of amides is 1. The summed E-state index contributed by atoms with van der Waals surface area (Å²) in [7, 11) is 0. The van der Waals surface area contributed by atoms with Crippen LogP contribution in [0.3, 0.4) is 0 Å². The normalized spacial score (nSPS) is 11.2. The van der Waals surface area contributed by atoms with Crippen molar-refractivity contribution in [1.29, 1.82) is 0 Å². The molecule has 0 heterocycles. The lowest BCUT2D eigenvalue weighted by Crippen LogP contribution is -2.04. The zero-order valence-electron chi connectivity index (χ0n) is 8.53. The van der Waals surface area contributed by atoms with Gasteiger partial charge in [0.15, 0.2) is 5.78 Å². The number of hydrogen-bond acceptors (Lipinski definition) is 2. The standard InChI is InChI=1S/C11H17NO2/c1-2-3-4-7-10(13)8-5-6-9-11(12)14/h5-6,8-9H,2-4,7H2,1H3,(H2,12,14)/b8-5+,9-6+. The molecule has 0 bridgehead atoms. The number of rotatable bonds is 7. The molecule has 0 aliphatic carbocycles. The van der Waals surface area contributed by atoms with Crippen LogP contribution in [0, 0.1) is 0 Å². The van der Waals surface area contributed by atoms with Crippen molar-refractivity contribution in [2.45, 2.75) is 32.6 Å². The van der Waals surface area contributed by atoms with Crippen LogP contribution in [0.5, 0.6) is 0 Å². The Morgan fingerprint density at radius 1 is 1.14 bits per heavy atom. The van der Waals surface area contributed by atoms with Gasteiger partial charge in [-0.25, -0.2) is 0 Å². The zero-order chi connectivity index (χ0) is 10.8. The van der Waals surface area contributed by atoms with Crippen molar-refractivity contribution in [1.82, 2.24) is 0 Å². The third kappa shape index (κ3) is 8.71. The fourth-order valence-corrected chi connectivity index (χ4v) is 0.946. The molecule has 3 nitrogen and oxygen atoms in total. The van der Waals surface area contributed by atoms with Crippen LogP contribution in [0.25, 0.3) is 0 Å². The van der Waals surface area contributed by atoms with Gasteiger partial charge in [0.25, 0.3) is 0 Å². The van der Waals surface area contributed by atoms with E-state index in [1.165, 1.54) is 18.2 Å². The molecule has 0 spiro atoms. The van der Waals surface area contributed by atoms with Gasteiger partial charge in [-0.05, 0) is 12.5 Å². The smallest absolute Gasteiger partial charge is 0.241 e. The lowest BCUT2D eigenvalue weighted by atomic mass is 10.1. The molecule has 0 saturated carbocycles. The van der Waals surface area contributed by atoms with Crippen LogP contribution in [0.15, 0.2) is 24.3 Å². The molecule has 0 unspecified atom stereocenters. The first-order valence-electron chi connectivity index (χ1n) is 4.83. The lowest BCUT2D eigenvalue weighted by Gasteiger charge is -1.92. The third-order valence-corrected chi connectivity index (χ3v) is 1.68. The maximum atomic E-state index is 11.1. The van der Waals surface area contributed by atoms with E-state index >= 15 is 0 Å². The second-order valence-corrected chi connectivity index (χ2v) is 3.04. The number of carbonyl (C=O) groups is 2. The predicted octanol–water partition coefficient (Wildman–Crippen LogP) is 1.73. The van der Waals surface area contributed by atoms with E-state index < -0.39 is 5.91 Å². The summed E-state index contributed by atoms with van der Waals surface area (Å²) >= 11 is 0. The van der Waals surface area contributed by atoms with Gasteiger partial charge in [0.2, 0.25) is 5.91 Å². The maximum Gasteiger partial charge on any atom is 0.241 e. The van der Waals surface area contributed by atoms with E-state index in [4.69, 9.17) is 5.73 Å². The summed E-state index contributed by atoms with van der Waals surface area (Å²) < 4.78 is 0. The summed E-state index contributed by atoms with van der Waals surface area (Å²) in [5.74, 6) is -0.416. The summed E-state index contributed by atoms with van der Waals surface area (Å²) in [6.07, 6.45) is 9.40. The molecular formula is C11H17NO2. The van der Waals surface area contributed by atoms with Gasteiger partial charge in [-0.3, -0.25) is 9.59 Å². The summed E-state index contributed by atoms with van der Waals surface area (Å²) in [6, 6.07) is 0. The fourth-order valence-electron chi connectivity index (χ4n) is 0.946. The van der Waals surface area contributed by atoms with Crippen molar-refractivity contribution >= 4 is 11.7 Å². The first-order chi connectivity index (χ1) is 6.66. The van der Waals surface area contributed by atoms with E-state index in [0.29, 0.717) is 6.42 Å². The molecule has 0 aliphatic rings. The predicted molar refractivity (Wildman–Crippen MR) is 56.6 cm³/mol. The van der Waals surface area contributed by atoms with Gasteiger partial charge in [-0.2, -0.15) is 0 Å². The Labute approximate surface area is 84.7 Å². The van der Waals surface area contributed by atoms with Gasteiger partial charge in [-0.15, -0.1) is 0 Å². The fraction of sp³-hybridized carbons (Fsp3) is 0.455. The topological polar surface area (TPSA) is 60.2 Å². The van der Waals surface area contributed by atoms with E-state index in [1.54, 1.807) is 6.08 Å². The highest BCUT2D eigenvalue weighted by molar-refractivity contribution is 5.90. The highest BCUT2D eigenvalue weighted by atomic mass is 16.1. The molecule has 1 amide bonds. The number of hydrogen-bond donors (Lipinski definition) is 1. The Bertz CT molecular complexity index is 242. The van der Waals surface area contributed by atoms with Gasteiger partial charge in [0.05, 0.1) is 0 Å². The SMILES string of the molecule is CCCCCC(=O)/C=C/C=C/C(N)=O. The number of primary amides is 1. The van der Waals surface area contributed by atoms with Crippen LogP contribution >= 0.6 is 0 Å². The van der Waals surface area contributed by atoms with Gasteiger partial charge in [0, 0.05) is 12.5 Å². The van der Waals surface area contributed by atoms with Crippen molar-refractivity contribution in [3.63, 3.8) is 0 Å². The van der Waals surface area contributed by atoms with Crippen molar-refractivity contribution < 1.29 is 9.59 Å². The Hall–Kier alpha value is -1.38. The minimum absolute atomic E-state index is 0.0903. The second kappa shape index (κ2) is 8.23. The zero-order valence-corrected chi connectivity index (χ0v) is 8.53. The van der Waals surface area contributed by atoms with Gasteiger partial charge < -0.3 is 5.73 Å². The summed E-state index contributed by atoms with van der Waals surface area (Å²) in [6.45, 7) is 2.09. The maximum absolute atomic E-state index is 11.1. The molecule has 0 aromatic heterocycles. The van der Waals surface area contributed by atoms with Crippen LogP contribution in [0.2, 0.25) is 0 Å². The van der Waals surface area contributed by atoms with E-state index in [0.717, 1.165) is 19.3 Å². The number of allylic oxidation sites excluding steroid dienone is 3. The Morgan fingerprint density at radius 3 is 2.36 bits per heavy atom. The summed E-state index contributed by atoms with van der Waals surface area (Å²) in [5, 5.41) is 0. The Morgan fingerprint density at radius 2 is 1.79 bits per heavy atom. The highest BCUT2D eigenvalue weighted by Gasteiger charge is 1.94. The molecule has 0 atom stereocenters. The molecule has 0 fully saturated rings. The average Bonchev–Trinajstić information content (AvgIpc) is 2.13. The number of unbranched alkanes of at least 4 members (excludes halogenated alkanes) is 2. The first kappa shape index (κ1) is 12.6. The van der Waals surface area contributed by atoms with E-state index in [9.17, 15) is 9.59 Å². The molecule has 3 heteroatoms. The van der Waals surface area contributed by atoms with Crippen LogP contribution in [0.1, 0.15) is 32.6 Å². The number of nitrogens with two attached hydrogens (primary N) is 1. The van der Waals surface area contributed by atoms with E-state index in [2.05, 4.69) is 6.92 Å². The molecule has 0 aromatic carbocycles. The molecule has 0 aromatic rings. The van der Waals surface area contributed by atoms with Crippen molar-refractivity contribution in [2.24, 2.45) is 5.73 Å². The van der Waals surface area contributed by atoms with E-state index in [1.807, 2.05) is 0 Å². The minimum Gasteiger partial charge on any atom is -0.366 e. The van der Waals surface area contributed by atoms with Crippen molar-refractivity contribution in [2.75, 3.05) is 0 Å². The molecule has 0 saturated heterocycles. The van der Waals surface area contributed by atoms with Gasteiger partial charge in [-0.1, -0.05) is 31.9 Å². The molecule has 0 rings (SSSR count). The van der Waals surface area contributed by atoms with Crippen molar-refractivity contribution in [3.05, 3.63) is 24.3 Å². The monoisotopic (exact) mass is 195 g/mol. The van der Waals surface area contributed by atoms with E-state index in [-0.39, 0.29) is 5.78 Å². The molecular weight excluding hydrogens is 178 g/mol. The van der Waals surface area contributed by atoms with Gasteiger partial charge in [0.1, 0.15) is 0 Å². The lowest BCUT2D eigenvalue weighted by molar-refractivity contribution is -0.115. The third-order valence-electron chi connectivity index (χ3n) is 1.68. The Balaban J connectivity index is 3.66. The Kier molecular flexibility index (Phi) is 7.42. The first-order valence-corrected chi connectivity index (χ1v) is 4.83. The number of carbonyl (C=O) groups excluding carboxylic acids is 2. The molecule has 0 radical (unpaired) electrons. The average molecular weight is 195 g/mol. The summed E-state index contributed by atoms with van der Waals surface area (Å²) in [4.78, 5) is 21.4. The molecule has 78 valence electrons. The summed E-state index contributed by atoms with van der Waals surface area (Å²) in [5.41, 5.74) is 4.86. The molecule has 14 heavy (non-hydrogen) atoms. The number of ketones is 1. The van der Waals surface area contributed by atoms with Crippen molar-refractivity contribution in [3.8, 4) is 0 Å². The van der Waals surface area contributed by atoms with Gasteiger partial charge >= 0.3 is 0 Å². The van der Waals surface area contributed by atoms with Crippen LogP contribution < -0.4 is 5.73 Å². The van der Waals surface area contributed by atoms with Crippen LogP contribution in [-0.4, -0.2) is 11.7 Å².